The molecule has 1 heterocycles. The van der Waals surface area contributed by atoms with Crippen LogP contribution in [-0.2, 0) is 0 Å². The van der Waals surface area contributed by atoms with Gasteiger partial charge in [0.2, 0.25) is 0 Å². The molecule has 0 radical (unpaired) electrons. The first-order valence-corrected chi connectivity index (χ1v) is 8.21. The third-order valence-corrected chi connectivity index (χ3v) is 4.17. The summed E-state index contributed by atoms with van der Waals surface area (Å²) in [6.45, 7) is 1.97. The lowest BCUT2D eigenvalue weighted by molar-refractivity contribution is 0.413. The first-order chi connectivity index (χ1) is 11.2. The van der Waals surface area contributed by atoms with Crippen molar-refractivity contribution in [3.8, 4) is 17.2 Å². The van der Waals surface area contributed by atoms with E-state index in [9.17, 15) is 0 Å². The standard InChI is InChI=1S/C18H21ClN2O2/c1-22-15-5-7-16(8-6-15)23-18-11-13(19)4-9-17(18)21-12-14-3-2-10-20-14/h4-9,11,14,20-21H,2-3,10,12H2,1H3/t14-/m0/s1. The van der Waals surface area contributed by atoms with Crippen LogP contribution in [0.5, 0.6) is 17.2 Å². The summed E-state index contributed by atoms with van der Waals surface area (Å²) >= 11 is 6.12. The molecule has 0 saturated carbocycles. The van der Waals surface area contributed by atoms with Gasteiger partial charge in [-0.2, -0.15) is 0 Å². The molecule has 5 heteroatoms. The summed E-state index contributed by atoms with van der Waals surface area (Å²) < 4.78 is 11.1. The second-order valence-corrected chi connectivity index (χ2v) is 6.03. The average Bonchev–Trinajstić information content (AvgIpc) is 3.08. The second kappa shape index (κ2) is 7.57. The second-order valence-electron chi connectivity index (χ2n) is 5.59. The lowest BCUT2D eigenvalue weighted by atomic mass is 10.2. The lowest BCUT2D eigenvalue weighted by Crippen LogP contribution is -2.29. The summed E-state index contributed by atoms with van der Waals surface area (Å²) in [5.74, 6) is 2.27. The van der Waals surface area contributed by atoms with Crippen molar-refractivity contribution in [2.45, 2.75) is 18.9 Å². The van der Waals surface area contributed by atoms with E-state index in [4.69, 9.17) is 21.1 Å². The molecular formula is C18H21ClN2O2. The zero-order chi connectivity index (χ0) is 16.1. The van der Waals surface area contributed by atoms with Gasteiger partial charge in [-0.25, -0.2) is 0 Å². The number of hydrogen-bond acceptors (Lipinski definition) is 4. The van der Waals surface area contributed by atoms with Gasteiger partial charge in [-0.3, -0.25) is 0 Å². The molecule has 0 unspecified atom stereocenters. The van der Waals surface area contributed by atoms with Gasteiger partial charge in [0.05, 0.1) is 12.8 Å². The fourth-order valence-electron chi connectivity index (χ4n) is 2.66. The van der Waals surface area contributed by atoms with Crippen molar-refractivity contribution in [1.29, 1.82) is 0 Å². The van der Waals surface area contributed by atoms with Crippen LogP contribution in [0.25, 0.3) is 0 Å². The molecule has 1 fully saturated rings. The van der Waals surface area contributed by atoms with E-state index in [1.54, 1.807) is 7.11 Å². The van der Waals surface area contributed by atoms with Crippen molar-refractivity contribution in [3.05, 3.63) is 47.5 Å². The number of halogens is 1. The minimum absolute atomic E-state index is 0.513. The van der Waals surface area contributed by atoms with Crippen LogP contribution < -0.4 is 20.1 Å². The van der Waals surface area contributed by atoms with Gasteiger partial charge >= 0.3 is 0 Å². The SMILES string of the molecule is COc1ccc(Oc2cc(Cl)ccc2NC[C@@H]2CCCN2)cc1. The van der Waals surface area contributed by atoms with E-state index >= 15 is 0 Å². The maximum atomic E-state index is 6.12. The fourth-order valence-corrected chi connectivity index (χ4v) is 2.82. The maximum Gasteiger partial charge on any atom is 0.151 e. The van der Waals surface area contributed by atoms with Crippen LogP contribution in [0.15, 0.2) is 42.5 Å². The normalized spacial score (nSPS) is 17.0. The monoisotopic (exact) mass is 332 g/mol. The highest BCUT2D eigenvalue weighted by molar-refractivity contribution is 6.30. The van der Waals surface area contributed by atoms with Gasteiger partial charge in [-0.05, 0) is 55.8 Å². The smallest absolute Gasteiger partial charge is 0.151 e. The predicted octanol–water partition coefficient (Wildman–Crippen LogP) is 4.30. The molecule has 3 rings (SSSR count). The van der Waals surface area contributed by atoms with Gasteiger partial charge in [0.25, 0.3) is 0 Å². The van der Waals surface area contributed by atoms with Gasteiger partial charge in [-0.1, -0.05) is 11.6 Å². The molecule has 1 aliphatic rings. The zero-order valence-corrected chi connectivity index (χ0v) is 13.9. The third kappa shape index (κ3) is 4.30. The van der Waals surface area contributed by atoms with E-state index in [0.717, 1.165) is 36.0 Å². The predicted molar refractivity (Wildman–Crippen MR) is 94.0 cm³/mol. The maximum absolute atomic E-state index is 6.12. The van der Waals surface area contributed by atoms with Crippen molar-refractivity contribution in [3.63, 3.8) is 0 Å². The highest BCUT2D eigenvalue weighted by atomic mass is 35.5. The fraction of sp³-hybridized carbons (Fsp3) is 0.333. The molecule has 122 valence electrons. The quantitative estimate of drug-likeness (QED) is 0.827. The Morgan fingerprint density at radius 1 is 1.17 bits per heavy atom. The molecule has 0 spiro atoms. The molecule has 1 atom stereocenters. The van der Waals surface area contributed by atoms with Crippen molar-refractivity contribution in [2.24, 2.45) is 0 Å². The first kappa shape index (κ1) is 16.0. The lowest BCUT2D eigenvalue weighted by Gasteiger charge is -2.16. The number of nitrogens with one attached hydrogen (secondary N) is 2. The molecule has 0 aliphatic carbocycles. The van der Waals surface area contributed by atoms with Gasteiger partial charge < -0.3 is 20.1 Å². The van der Waals surface area contributed by atoms with Crippen LogP contribution in [-0.4, -0.2) is 26.2 Å². The van der Waals surface area contributed by atoms with Crippen molar-refractivity contribution < 1.29 is 9.47 Å². The Balaban J connectivity index is 1.72. The number of hydrogen-bond donors (Lipinski definition) is 2. The Labute approximate surface area is 141 Å². The Bertz CT molecular complexity index is 640. The Morgan fingerprint density at radius 3 is 2.65 bits per heavy atom. The summed E-state index contributed by atoms with van der Waals surface area (Å²) in [7, 11) is 1.64. The van der Waals surface area contributed by atoms with Crippen LogP contribution >= 0.6 is 11.6 Å². The Hall–Kier alpha value is -1.91. The van der Waals surface area contributed by atoms with E-state index in [1.807, 2.05) is 42.5 Å². The zero-order valence-electron chi connectivity index (χ0n) is 13.1. The highest BCUT2D eigenvalue weighted by Gasteiger charge is 2.14. The highest BCUT2D eigenvalue weighted by Crippen LogP contribution is 2.33. The molecule has 0 amide bonds. The van der Waals surface area contributed by atoms with E-state index in [2.05, 4.69) is 10.6 Å². The van der Waals surface area contributed by atoms with Crippen LogP contribution in [0.1, 0.15) is 12.8 Å². The first-order valence-electron chi connectivity index (χ1n) is 7.83. The van der Waals surface area contributed by atoms with E-state index in [1.165, 1.54) is 12.8 Å². The van der Waals surface area contributed by atoms with Crippen molar-refractivity contribution in [1.82, 2.24) is 5.32 Å². The van der Waals surface area contributed by atoms with Crippen LogP contribution in [0.3, 0.4) is 0 Å². The molecule has 4 nitrogen and oxygen atoms in total. The number of rotatable bonds is 6. The van der Waals surface area contributed by atoms with Gasteiger partial charge in [0.1, 0.15) is 11.5 Å². The van der Waals surface area contributed by atoms with E-state index in [0.29, 0.717) is 11.1 Å². The third-order valence-electron chi connectivity index (χ3n) is 3.93. The molecule has 1 saturated heterocycles. The minimum atomic E-state index is 0.513. The van der Waals surface area contributed by atoms with Crippen LogP contribution in [0.2, 0.25) is 5.02 Å². The Morgan fingerprint density at radius 2 is 1.96 bits per heavy atom. The summed E-state index contributed by atoms with van der Waals surface area (Å²) in [4.78, 5) is 0. The molecule has 2 N–H and O–H groups in total. The van der Waals surface area contributed by atoms with Crippen LogP contribution in [0.4, 0.5) is 5.69 Å². The molecule has 1 aliphatic heterocycles. The van der Waals surface area contributed by atoms with Gasteiger partial charge in [-0.15, -0.1) is 0 Å². The topological polar surface area (TPSA) is 42.5 Å². The molecule has 2 aromatic rings. The molecule has 23 heavy (non-hydrogen) atoms. The van der Waals surface area contributed by atoms with E-state index in [-0.39, 0.29) is 0 Å². The summed E-state index contributed by atoms with van der Waals surface area (Å²) in [6.07, 6.45) is 2.44. The van der Waals surface area contributed by atoms with Gasteiger partial charge in [0.15, 0.2) is 5.75 Å². The molecule has 0 aromatic heterocycles. The minimum Gasteiger partial charge on any atom is -0.497 e. The molecule has 2 aromatic carbocycles. The molecular weight excluding hydrogens is 312 g/mol. The number of anilines is 1. The number of benzene rings is 2. The van der Waals surface area contributed by atoms with E-state index < -0.39 is 0 Å². The van der Waals surface area contributed by atoms with Crippen molar-refractivity contribution in [2.75, 3.05) is 25.5 Å². The van der Waals surface area contributed by atoms with Crippen LogP contribution in [0, 0.1) is 0 Å². The Kier molecular flexibility index (Phi) is 5.26. The molecule has 0 bridgehead atoms. The number of methoxy groups -OCH3 is 1. The summed E-state index contributed by atoms with van der Waals surface area (Å²) in [6, 6.07) is 13.7. The largest absolute Gasteiger partial charge is 0.497 e. The van der Waals surface area contributed by atoms with Crippen molar-refractivity contribution >= 4 is 17.3 Å². The average molecular weight is 333 g/mol. The summed E-state index contributed by atoms with van der Waals surface area (Å²) in [5.41, 5.74) is 0.943. The number of ether oxygens (including phenoxy) is 2. The van der Waals surface area contributed by atoms with Gasteiger partial charge in [0, 0.05) is 23.7 Å². The summed E-state index contributed by atoms with van der Waals surface area (Å²) in [5, 5.41) is 7.58.